The van der Waals surface area contributed by atoms with Gasteiger partial charge in [-0.3, -0.25) is 14.5 Å². The SMILES string of the molecule is CC1C(CN(C)C(C)c2ccccc2)OC(c2ccc(CNC(=O)CCCC(=O)O)cc2)OC1c1ccc(CO)cc1. The van der Waals surface area contributed by atoms with E-state index < -0.39 is 12.3 Å². The van der Waals surface area contributed by atoms with E-state index in [4.69, 9.17) is 14.6 Å². The molecule has 0 aliphatic carbocycles. The summed E-state index contributed by atoms with van der Waals surface area (Å²) in [4.78, 5) is 25.0. The number of rotatable bonds is 13. The lowest BCUT2D eigenvalue weighted by atomic mass is 9.89. The number of nitrogens with one attached hydrogen (secondary N) is 1. The maximum Gasteiger partial charge on any atom is 0.303 e. The Balaban J connectivity index is 1.47. The third-order valence-electron chi connectivity index (χ3n) is 8.07. The highest BCUT2D eigenvalue weighted by Crippen LogP contribution is 2.42. The van der Waals surface area contributed by atoms with Gasteiger partial charge in [-0.1, -0.05) is 85.8 Å². The number of aliphatic hydroxyl groups is 1. The van der Waals surface area contributed by atoms with Gasteiger partial charge < -0.3 is 25.0 Å². The molecule has 3 N–H and O–H groups in total. The van der Waals surface area contributed by atoms with E-state index in [-0.39, 0.29) is 49.5 Å². The first kappa shape index (κ1) is 31.4. The number of carbonyl (C=O) groups is 2. The first-order chi connectivity index (χ1) is 20.2. The summed E-state index contributed by atoms with van der Waals surface area (Å²) in [6.45, 7) is 5.43. The van der Waals surface area contributed by atoms with Crippen LogP contribution >= 0.6 is 0 Å². The molecular formula is C34H42N2O6. The largest absolute Gasteiger partial charge is 0.481 e. The summed E-state index contributed by atoms with van der Waals surface area (Å²) in [5, 5.41) is 21.1. The van der Waals surface area contributed by atoms with Crippen LogP contribution in [0.4, 0.5) is 0 Å². The van der Waals surface area contributed by atoms with Crippen molar-refractivity contribution in [2.75, 3.05) is 13.6 Å². The van der Waals surface area contributed by atoms with Crippen molar-refractivity contribution < 1.29 is 29.3 Å². The molecule has 4 rings (SSSR count). The first-order valence-corrected chi connectivity index (χ1v) is 14.6. The normalized spacial score (nSPS) is 21.2. The minimum absolute atomic E-state index is 0.00692. The summed E-state index contributed by atoms with van der Waals surface area (Å²) in [6.07, 6.45) is -0.394. The van der Waals surface area contributed by atoms with Crippen molar-refractivity contribution in [1.29, 1.82) is 0 Å². The fourth-order valence-corrected chi connectivity index (χ4v) is 5.24. The topological polar surface area (TPSA) is 108 Å². The summed E-state index contributed by atoms with van der Waals surface area (Å²) >= 11 is 0. The maximum absolute atomic E-state index is 12.1. The monoisotopic (exact) mass is 574 g/mol. The zero-order chi connectivity index (χ0) is 30.1. The Kier molecular flexibility index (Phi) is 11.3. The van der Waals surface area contributed by atoms with Gasteiger partial charge in [0, 0.05) is 43.5 Å². The number of amides is 1. The fraction of sp³-hybridized carbons (Fsp3) is 0.412. The molecule has 1 heterocycles. The minimum Gasteiger partial charge on any atom is -0.481 e. The van der Waals surface area contributed by atoms with Crippen LogP contribution in [-0.4, -0.2) is 46.7 Å². The molecule has 0 aromatic heterocycles. The summed E-state index contributed by atoms with van der Waals surface area (Å²) in [5.41, 5.74) is 4.96. The second-order valence-corrected chi connectivity index (χ2v) is 11.1. The molecule has 1 saturated heterocycles. The van der Waals surface area contributed by atoms with Gasteiger partial charge in [0.15, 0.2) is 6.29 Å². The van der Waals surface area contributed by atoms with Crippen LogP contribution in [-0.2, 0) is 32.2 Å². The summed E-state index contributed by atoms with van der Waals surface area (Å²) < 4.78 is 13.2. The van der Waals surface area contributed by atoms with Gasteiger partial charge in [-0.25, -0.2) is 0 Å². The highest BCUT2D eigenvalue weighted by atomic mass is 16.7. The Morgan fingerprint density at radius 2 is 1.55 bits per heavy atom. The quantitative estimate of drug-likeness (QED) is 0.246. The zero-order valence-corrected chi connectivity index (χ0v) is 24.6. The van der Waals surface area contributed by atoms with Gasteiger partial charge in [-0.2, -0.15) is 0 Å². The van der Waals surface area contributed by atoms with Gasteiger partial charge in [0.25, 0.3) is 0 Å². The number of carboxylic acids is 1. The van der Waals surface area contributed by atoms with Crippen molar-refractivity contribution >= 4 is 11.9 Å². The molecule has 0 radical (unpaired) electrons. The third kappa shape index (κ3) is 8.49. The van der Waals surface area contributed by atoms with Gasteiger partial charge in [0.2, 0.25) is 5.91 Å². The van der Waals surface area contributed by atoms with E-state index in [2.05, 4.69) is 55.4 Å². The first-order valence-electron chi connectivity index (χ1n) is 14.6. The smallest absolute Gasteiger partial charge is 0.303 e. The molecule has 1 fully saturated rings. The lowest BCUT2D eigenvalue weighted by Gasteiger charge is -2.43. The van der Waals surface area contributed by atoms with E-state index in [1.165, 1.54) is 5.56 Å². The molecule has 0 spiro atoms. The third-order valence-corrected chi connectivity index (χ3v) is 8.07. The molecule has 0 bridgehead atoms. The fourth-order valence-electron chi connectivity index (χ4n) is 5.24. The van der Waals surface area contributed by atoms with Gasteiger partial charge >= 0.3 is 5.97 Å². The molecule has 1 aliphatic rings. The second-order valence-electron chi connectivity index (χ2n) is 11.1. The Bertz CT molecular complexity index is 1280. The molecule has 1 amide bonds. The molecule has 3 aromatic carbocycles. The van der Waals surface area contributed by atoms with Gasteiger partial charge in [0.05, 0.1) is 18.8 Å². The van der Waals surface area contributed by atoms with Crippen molar-refractivity contribution in [2.24, 2.45) is 5.92 Å². The van der Waals surface area contributed by atoms with Crippen LogP contribution in [0.5, 0.6) is 0 Å². The molecule has 5 atom stereocenters. The van der Waals surface area contributed by atoms with Crippen LogP contribution in [0, 0.1) is 5.92 Å². The van der Waals surface area contributed by atoms with Gasteiger partial charge in [-0.15, -0.1) is 0 Å². The Morgan fingerprint density at radius 3 is 2.19 bits per heavy atom. The van der Waals surface area contributed by atoms with E-state index in [1.807, 2.05) is 54.6 Å². The standard InChI is InChI=1S/C34H42N2O6/c1-23-30(21-36(3)24(2)27-8-5-4-6-9-27)41-34(42-33(23)28-16-14-26(22-37)15-17-28)29-18-12-25(13-19-29)20-35-31(38)10-7-11-32(39)40/h4-6,8-9,12-19,23-24,30,33-34,37H,7,10-11,20-22H2,1-3H3,(H,35,38)(H,39,40). The zero-order valence-electron chi connectivity index (χ0n) is 24.6. The minimum atomic E-state index is -0.899. The number of likely N-dealkylation sites (N-methyl/N-ethyl adjacent to an activating group) is 1. The number of carboxylic acid groups (broad SMARTS) is 1. The average molecular weight is 575 g/mol. The Hall–Kier alpha value is -3.56. The molecule has 42 heavy (non-hydrogen) atoms. The predicted molar refractivity (Wildman–Crippen MR) is 160 cm³/mol. The number of carbonyl (C=O) groups excluding carboxylic acids is 1. The lowest BCUT2D eigenvalue weighted by Crippen LogP contribution is -2.44. The van der Waals surface area contributed by atoms with Crippen molar-refractivity contribution in [2.45, 2.75) is 70.8 Å². The summed E-state index contributed by atoms with van der Waals surface area (Å²) in [6, 6.07) is 26.4. The number of hydrogen-bond acceptors (Lipinski definition) is 6. The van der Waals surface area contributed by atoms with E-state index >= 15 is 0 Å². The predicted octanol–water partition coefficient (Wildman–Crippen LogP) is 5.53. The number of nitrogens with zero attached hydrogens (tertiary/aromatic N) is 1. The summed E-state index contributed by atoms with van der Waals surface area (Å²) in [5.74, 6) is -0.994. The van der Waals surface area contributed by atoms with E-state index in [0.717, 1.165) is 22.3 Å². The molecule has 1 aliphatic heterocycles. The molecule has 224 valence electrons. The molecule has 0 saturated carbocycles. The highest BCUT2D eigenvalue weighted by molar-refractivity contribution is 5.76. The van der Waals surface area contributed by atoms with E-state index in [9.17, 15) is 14.7 Å². The average Bonchev–Trinajstić information content (AvgIpc) is 3.01. The Labute approximate surface area is 248 Å². The molecule has 5 unspecified atom stereocenters. The van der Waals surface area contributed by atoms with Crippen LogP contribution in [0.15, 0.2) is 78.9 Å². The number of benzene rings is 3. The van der Waals surface area contributed by atoms with Crippen LogP contribution < -0.4 is 5.32 Å². The number of ether oxygens (including phenoxy) is 2. The van der Waals surface area contributed by atoms with E-state index in [0.29, 0.717) is 19.5 Å². The molecule has 8 nitrogen and oxygen atoms in total. The van der Waals surface area contributed by atoms with Crippen LogP contribution in [0.3, 0.4) is 0 Å². The molecule has 8 heteroatoms. The number of hydrogen-bond donors (Lipinski definition) is 3. The van der Waals surface area contributed by atoms with Crippen LogP contribution in [0.1, 0.15) is 79.4 Å². The van der Waals surface area contributed by atoms with Crippen molar-refractivity contribution in [3.63, 3.8) is 0 Å². The van der Waals surface area contributed by atoms with Crippen LogP contribution in [0.25, 0.3) is 0 Å². The van der Waals surface area contributed by atoms with Gasteiger partial charge in [-0.05, 0) is 42.6 Å². The highest BCUT2D eigenvalue weighted by Gasteiger charge is 2.39. The number of aliphatic hydroxyl groups excluding tert-OH is 1. The Morgan fingerprint density at radius 1 is 0.905 bits per heavy atom. The van der Waals surface area contributed by atoms with Gasteiger partial charge in [0.1, 0.15) is 0 Å². The summed E-state index contributed by atoms with van der Waals surface area (Å²) in [7, 11) is 2.12. The molecular weight excluding hydrogens is 532 g/mol. The van der Waals surface area contributed by atoms with E-state index in [1.54, 1.807) is 0 Å². The maximum atomic E-state index is 12.1. The van der Waals surface area contributed by atoms with Crippen LogP contribution in [0.2, 0.25) is 0 Å². The lowest BCUT2D eigenvalue weighted by molar-refractivity contribution is -0.276. The van der Waals surface area contributed by atoms with Crippen molar-refractivity contribution in [3.8, 4) is 0 Å². The van der Waals surface area contributed by atoms with Crippen molar-refractivity contribution in [3.05, 3.63) is 107 Å². The number of aliphatic carboxylic acids is 1. The molecule has 3 aromatic rings. The second kappa shape index (κ2) is 15.1. The van der Waals surface area contributed by atoms with Crippen molar-refractivity contribution in [1.82, 2.24) is 10.2 Å².